The molecule has 0 aliphatic heterocycles. The van der Waals surface area contributed by atoms with Crippen LogP contribution in [0.25, 0.3) is 99.9 Å². The molecule has 14 rings (SSSR count). The fraction of sp³-hybridized carbons (Fsp3) is 0.0154. The lowest BCUT2D eigenvalue weighted by Crippen LogP contribution is -1.95. The summed E-state index contributed by atoms with van der Waals surface area (Å²) in [5.74, 6) is 0. The lowest BCUT2D eigenvalue weighted by molar-refractivity contribution is -0.384. The molecule has 0 N–H and O–H groups in total. The molecule has 0 fully saturated rings. The number of para-hydroxylation sites is 6. The summed E-state index contributed by atoms with van der Waals surface area (Å²) in [6.45, 7) is 0. The summed E-state index contributed by atoms with van der Waals surface area (Å²) in [7, 11) is 0. The van der Waals surface area contributed by atoms with Gasteiger partial charge in [-0.05, 0) is 138 Å². The van der Waals surface area contributed by atoms with Crippen molar-refractivity contribution in [1.29, 1.82) is 0 Å². The maximum atomic E-state index is 11.5. The largest absolute Gasteiger partial charge is 0.317 e. The van der Waals surface area contributed by atoms with Crippen LogP contribution in [0.5, 0.6) is 0 Å². The Morgan fingerprint density at radius 3 is 1.52 bits per heavy atom. The van der Waals surface area contributed by atoms with Crippen LogP contribution in [0, 0.1) is 20.2 Å². The van der Waals surface area contributed by atoms with Gasteiger partial charge in [-0.1, -0.05) is 143 Å². The van der Waals surface area contributed by atoms with Gasteiger partial charge in [0, 0.05) is 66.8 Å². The molecule has 10 heteroatoms. The Morgan fingerprint density at radius 2 is 0.907 bits per heavy atom. The van der Waals surface area contributed by atoms with Crippen molar-refractivity contribution >= 4 is 87.9 Å². The Balaban J connectivity index is 0.000000126. The number of halogens is 1. The first-order chi connectivity index (χ1) is 36.8. The number of aromatic nitrogens is 3. The summed E-state index contributed by atoms with van der Waals surface area (Å²) < 4.78 is 7.91. The standard InChI is InChI=1S/C32H21N3O2.C18H12BrN.C15H11NO2/c36-35(37)32-13-7-4-10-26(32)22-14-16-29-23(20-22)18-19-33(29)25-15-17-31-28(21-25)27-11-5-6-12-30(27)34(31)24-8-2-1-3-9-24;19-13-10-11-18-16(12-13)15-8-4-5-9-17(15)20(18)14-6-2-1-3-7-14;17-16(18)15-7-2-1-6-14(15)13-9-8-11-4-3-5-12(11)10-13/h1-21H;1-12H;1-4,6-10H,5H2. The van der Waals surface area contributed by atoms with E-state index in [9.17, 15) is 20.2 Å². The molecule has 0 bridgehead atoms. The van der Waals surface area contributed by atoms with Crippen LogP contribution in [0.4, 0.5) is 11.4 Å². The normalized spacial score (nSPS) is 11.6. The molecule has 3 heterocycles. The van der Waals surface area contributed by atoms with Crippen molar-refractivity contribution in [3.63, 3.8) is 0 Å². The lowest BCUT2D eigenvalue weighted by atomic mass is 9.99. The maximum Gasteiger partial charge on any atom is 0.277 e. The van der Waals surface area contributed by atoms with E-state index in [1.54, 1.807) is 36.4 Å². The van der Waals surface area contributed by atoms with Crippen molar-refractivity contribution in [3.8, 4) is 39.3 Å². The van der Waals surface area contributed by atoms with Gasteiger partial charge in [0.2, 0.25) is 0 Å². The van der Waals surface area contributed by atoms with Crippen LogP contribution in [0.2, 0.25) is 0 Å². The van der Waals surface area contributed by atoms with E-state index in [2.05, 4.69) is 188 Å². The summed E-state index contributed by atoms with van der Waals surface area (Å²) in [5, 5.41) is 28.6. The second-order valence-electron chi connectivity index (χ2n) is 18.3. The highest BCUT2D eigenvalue weighted by Crippen LogP contribution is 2.38. The average Bonchev–Trinajstić information content (AvgIpc) is 4.29. The summed E-state index contributed by atoms with van der Waals surface area (Å²) >= 11 is 3.57. The highest BCUT2D eigenvalue weighted by Gasteiger charge is 2.19. The first-order valence-corrected chi connectivity index (χ1v) is 25.3. The number of hydrogen-bond donors (Lipinski definition) is 0. The number of rotatable bonds is 7. The molecule has 75 heavy (non-hydrogen) atoms. The van der Waals surface area contributed by atoms with E-state index in [1.165, 1.54) is 54.9 Å². The first kappa shape index (κ1) is 46.4. The predicted molar refractivity (Wildman–Crippen MR) is 309 cm³/mol. The van der Waals surface area contributed by atoms with E-state index >= 15 is 0 Å². The molecule has 0 spiro atoms. The lowest BCUT2D eigenvalue weighted by Gasteiger charge is -2.09. The van der Waals surface area contributed by atoms with Gasteiger partial charge in [-0.3, -0.25) is 20.2 Å². The van der Waals surface area contributed by atoms with E-state index < -0.39 is 0 Å². The van der Waals surface area contributed by atoms with E-state index in [1.807, 2.05) is 60.7 Å². The molecule has 10 aromatic carbocycles. The minimum absolute atomic E-state index is 0.113. The molecule has 360 valence electrons. The monoisotopic (exact) mass is 1040 g/mol. The zero-order valence-corrected chi connectivity index (χ0v) is 41.8. The van der Waals surface area contributed by atoms with Crippen molar-refractivity contribution in [2.75, 3.05) is 0 Å². The zero-order chi connectivity index (χ0) is 51.0. The van der Waals surface area contributed by atoms with E-state index in [4.69, 9.17) is 0 Å². The fourth-order valence-electron chi connectivity index (χ4n) is 10.5. The molecule has 0 saturated heterocycles. The van der Waals surface area contributed by atoms with Crippen LogP contribution in [-0.2, 0) is 6.42 Å². The fourth-order valence-corrected chi connectivity index (χ4v) is 10.8. The summed E-state index contributed by atoms with van der Waals surface area (Å²) in [6.07, 6.45) is 7.15. The number of nitro groups is 2. The van der Waals surface area contributed by atoms with Crippen molar-refractivity contribution in [2.45, 2.75) is 6.42 Å². The minimum Gasteiger partial charge on any atom is -0.317 e. The smallest absolute Gasteiger partial charge is 0.277 e. The summed E-state index contributed by atoms with van der Waals surface area (Å²) in [4.78, 5) is 21.9. The van der Waals surface area contributed by atoms with Gasteiger partial charge < -0.3 is 13.7 Å². The highest BCUT2D eigenvalue weighted by atomic mass is 79.9. The molecule has 1 aliphatic rings. The SMILES string of the molecule is Brc1ccc2c(c1)c1ccccc1n2-c1ccccc1.O=[N+]([O-])c1ccccc1-c1ccc2c(c1)CC=C2.O=[N+]([O-])c1ccccc1-c1ccc2c(ccn2-c2ccc3c(c2)c2ccccc2n3-c2ccccc2)c1. The highest BCUT2D eigenvalue weighted by molar-refractivity contribution is 9.10. The summed E-state index contributed by atoms with van der Waals surface area (Å²) in [6, 6.07) is 78.8. The van der Waals surface area contributed by atoms with Crippen LogP contribution < -0.4 is 0 Å². The van der Waals surface area contributed by atoms with Gasteiger partial charge in [0.1, 0.15) is 0 Å². The Morgan fingerprint density at radius 1 is 0.413 bits per heavy atom. The molecule has 0 atom stereocenters. The number of allylic oxidation sites excluding steroid dienone is 1. The average molecular weight is 1040 g/mol. The Bertz CT molecular complexity index is 4360. The second kappa shape index (κ2) is 19.8. The third kappa shape index (κ3) is 8.73. The molecule has 0 radical (unpaired) electrons. The molecular formula is C65H44BrN5O4. The third-order valence-electron chi connectivity index (χ3n) is 13.9. The van der Waals surface area contributed by atoms with Crippen LogP contribution >= 0.6 is 15.9 Å². The topological polar surface area (TPSA) is 101 Å². The Kier molecular flexibility index (Phi) is 12.2. The van der Waals surface area contributed by atoms with E-state index in [0.717, 1.165) is 49.8 Å². The number of benzene rings is 10. The Labute approximate surface area is 439 Å². The second-order valence-corrected chi connectivity index (χ2v) is 19.2. The van der Waals surface area contributed by atoms with Crippen LogP contribution in [0.3, 0.4) is 0 Å². The number of fused-ring (bicyclic) bond motifs is 8. The van der Waals surface area contributed by atoms with Gasteiger partial charge in [0.05, 0.1) is 48.6 Å². The van der Waals surface area contributed by atoms with Gasteiger partial charge in [0.25, 0.3) is 11.4 Å². The van der Waals surface area contributed by atoms with E-state index in [-0.39, 0.29) is 21.2 Å². The first-order valence-electron chi connectivity index (χ1n) is 24.5. The van der Waals surface area contributed by atoms with Crippen molar-refractivity contribution < 1.29 is 9.85 Å². The van der Waals surface area contributed by atoms with Crippen molar-refractivity contribution in [1.82, 2.24) is 13.7 Å². The van der Waals surface area contributed by atoms with Crippen LogP contribution in [0.1, 0.15) is 11.1 Å². The number of nitro benzene ring substituents is 2. The molecule has 9 nitrogen and oxygen atoms in total. The molecule has 13 aromatic rings. The van der Waals surface area contributed by atoms with E-state index in [0.29, 0.717) is 11.1 Å². The minimum atomic E-state index is -0.333. The molecule has 1 aliphatic carbocycles. The summed E-state index contributed by atoms with van der Waals surface area (Å²) in [5.41, 5.74) is 15.0. The zero-order valence-electron chi connectivity index (χ0n) is 40.2. The molecular weight excluding hydrogens is 995 g/mol. The van der Waals surface area contributed by atoms with Gasteiger partial charge in [-0.2, -0.15) is 0 Å². The van der Waals surface area contributed by atoms with Crippen molar-refractivity contribution in [2.24, 2.45) is 0 Å². The van der Waals surface area contributed by atoms with Gasteiger partial charge in [-0.15, -0.1) is 0 Å². The number of nitrogens with zero attached hydrogens (tertiary/aromatic N) is 5. The Hall–Kier alpha value is -9.64. The molecule has 3 aromatic heterocycles. The van der Waals surface area contributed by atoms with Gasteiger partial charge in [-0.25, -0.2) is 0 Å². The molecule has 0 saturated carbocycles. The molecule has 0 unspecified atom stereocenters. The predicted octanol–water partition coefficient (Wildman–Crippen LogP) is 17.7. The van der Waals surface area contributed by atoms with Crippen LogP contribution in [-0.4, -0.2) is 23.5 Å². The molecule has 0 amide bonds. The number of hydrogen-bond acceptors (Lipinski definition) is 4. The maximum absolute atomic E-state index is 11.5. The van der Waals surface area contributed by atoms with Crippen LogP contribution in [0.15, 0.2) is 253 Å². The van der Waals surface area contributed by atoms with Gasteiger partial charge in [0.15, 0.2) is 0 Å². The third-order valence-corrected chi connectivity index (χ3v) is 14.4. The van der Waals surface area contributed by atoms with Crippen molar-refractivity contribution in [3.05, 3.63) is 285 Å². The van der Waals surface area contributed by atoms with Gasteiger partial charge >= 0.3 is 0 Å². The quantitative estimate of drug-likeness (QED) is 0.117.